The van der Waals surface area contributed by atoms with E-state index in [9.17, 15) is 4.39 Å². The van der Waals surface area contributed by atoms with E-state index in [0.29, 0.717) is 16.8 Å². The zero-order valence-corrected chi connectivity index (χ0v) is 11.9. The Morgan fingerprint density at radius 3 is 2.68 bits per heavy atom. The van der Waals surface area contributed by atoms with Crippen LogP contribution in [0.4, 0.5) is 10.1 Å². The first-order chi connectivity index (χ1) is 9.22. The van der Waals surface area contributed by atoms with E-state index in [1.54, 1.807) is 12.1 Å². The van der Waals surface area contributed by atoms with Crippen LogP contribution < -0.4 is 5.32 Å². The molecule has 1 N–H and O–H groups in total. The van der Waals surface area contributed by atoms with Gasteiger partial charge >= 0.3 is 0 Å². The van der Waals surface area contributed by atoms with Crippen LogP contribution in [0, 0.1) is 17.7 Å². The van der Waals surface area contributed by atoms with Gasteiger partial charge in [-0.3, -0.25) is 0 Å². The van der Waals surface area contributed by atoms with E-state index in [2.05, 4.69) is 5.32 Å². The van der Waals surface area contributed by atoms with Crippen LogP contribution >= 0.6 is 11.6 Å². The molecule has 3 atom stereocenters. The maximum absolute atomic E-state index is 13.7. The Labute approximate surface area is 119 Å². The van der Waals surface area contributed by atoms with Crippen LogP contribution in [0.15, 0.2) is 18.2 Å². The average Bonchev–Trinajstić information content (AvgIpc) is 2.43. The standard InChI is InChI=1S/C16H21ClFN/c17-13-6-8-15(18)16(10-13)19-14-7-5-11-3-1-2-4-12(11)9-14/h6,8,10-12,14,19H,1-5,7,9H2. The number of fused-ring (bicyclic) bond motifs is 1. The van der Waals surface area contributed by atoms with Gasteiger partial charge in [-0.2, -0.15) is 0 Å². The van der Waals surface area contributed by atoms with Crippen LogP contribution in [0.2, 0.25) is 5.02 Å². The lowest BCUT2D eigenvalue weighted by molar-refractivity contribution is 0.162. The largest absolute Gasteiger partial charge is 0.380 e. The lowest BCUT2D eigenvalue weighted by Gasteiger charge is -2.39. The van der Waals surface area contributed by atoms with E-state index < -0.39 is 0 Å². The summed E-state index contributed by atoms with van der Waals surface area (Å²) in [7, 11) is 0. The highest BCUT2D eigenvalue weighted by Crippen LogP contribution is 2.41. The minimum atomic E-state index is -0.199. The molecule has 0 heterocycles. The van der Waals surface area contributed by atoms with E-state index in [0.717, 1.165) is 18.3 Å². The molecule has 0 saturated heterocycles. The van der Waals surface area contributed by atoms with E-state index >= 15 is 0 Å². The Balaban J connectivity index is 1.65. The average molecular weight is 282 g/mol. The third-order valence-corrected chi connectivity index (χ3v) is 5.06. The minimum Gasteiger partial charge on any atom is -0.380 e. The van der Waals surface area contributed by atoms with Crippen LogP contribution in [0.1, 0.15) is 44.9 Å². The summed E-state index contributed by atoms with van der Waals surface area (Å²) in [6, 6.07) is 5.15. The molecule has 19 heavy (non-hydrogen) atoms. The van der Waals surface area contributed by atoms with E-state index in [1.165, 1.54) is 44.6 Å². The Kier molecular flexibility index (Phi) is 3.97. The second-order valence-corrected chi connectivity index (χ2v) is 6.52. The molecule has 0 amide bonds. The fraction of sp³-hybridized carbons (Fsp3) is 0.625. The summed E-state index contributed by atoms with van der Waals surface area (Å²) in [5, 5.41) is 3.96. The van der Waals surface area contributed by atoms with E-state index in [4.69, 9.17) is 11.6 Å². The van der Waals surface area contributed by atoms with Crippen molar-refractivity contribution in [3.05, 3.63) is 29.0 Å². The van der Waals surface area contributed by atoms with Gasteiger partial charge in [-0.1, -0.05) is 37.3 Å². The Bertz CT molecular complexity index is 448. The van der Waals surface area contributed by atoms with E-state index in [1.807, 2.05) is 0 Å². The van der Waals surface area contributed by atoms with Gasteiger partial charge in [0.2, 0.25) is 0 Å². The molecule has 0 bridgehead atoms. The van der Waals surface area contributed by atoms with Crippen LogP contribution in [-0.4, -0.2) is 6.04 Å². The minimum absolute atomic E-state index is 0.199. The highest BCUT2D eigenvalue weighted by Gasteiger charge is 2.32. The topological polar surface area (TPSA) is 12.0 Å². The molecule has 0 aliphatic heterocycles. The van der Waals surface area contributed by atoms with Gasteiger partial charge < -0.3 is 5.32 Å². The van der Waals surface area contributed by atoms with Crippen molar-refractivity contribution >= 4 is 17.3 Å². The number of anilines is 1. The van der Waals surface area contributed by atoms with Gasteiger partial charge in [-0.25, -0.2) is 4.39 Å². The molecule has 2 fully saturated rings. The van der Waals surface area contributed by atoms with Crippen LogP contribution in [-0.2, 0) is 0 Å². The molecule has 0 aromatic heterocycles. The second-order valence-electron chi connectivity index (χ2n) is 6.08. The molecule has 3 unspecified atom stereocenters. The number of halogens is 2. The first kappa shape index (κ1) is 13.2. The summed E-state index contributed by atoms with van der Waals surface area (Å²) in [5.74, 6) is 1.58. The van der Waals surface area contributed by atoms with Gasteiger partial charge in [0.05, 0.1) is 5.69 Å². The zero-order valence-electron chi connectivity index (χ0n) is 11.2. The molecule has 0 spiro atoms. The van der Waals surface area contributed by atoms with Crippen LogP contribution in [0.25, 0.3) is 0 Å². The maximum atomic E-state index is 13.7. The Hall–Kier alpha value is -0.760. The van der Waals surface area contributed by atoms with Gasteiger partial charge in [0, 0.05) is 11.1 Å². The van der Waals surface area contributed by atoms with Gasteiger partial charge in [0.1, 0.15) is 5.82 Å². The van der Waals surface area contributed by atoms with Crippen LogP contribution in [0.5, 0.6) is 0 Å². The molecular weight excluding hydrogens is 261 g/mol. The normalized spacial score (nSPS) is 30.7. The Morgan fingerprint density at radius 1 is 1.05 bits per heavy atom. The number of nitrogens with one attached hydrogen (secondary N) is 1. The summed E-state index contributed by atoms with van der Waals surface area (Å²) >= 11 is 5.94. The highest BCUT2D eigenvalue weighted by atomic mass is 35.5. The van der Waals surface area contributed by atoms with Crippen LogP contribution in [0.3, 0.4) is 0 Å². The molecule has 2 saturated carbocycles. The third kappa shape index (κ3) is 3.05. The fourth-order valence-corrected chi connectivity index (χ4v) is 4.00. The lowest BCUT2D eigenvalue weighted by Crippen LogP contribution is -2.34. The molecular formula is C16H21ClFN. The van der Waals surface area contributed by atoms with E-state index in [-0.39, 0.29) is 5.82 Å². The molecule has 1 aromatic carbocycles. The smallest absolute Gasteiger partial charge is 0.146 e. The van der Waals surface area contributed by atoms with Crippen molar-refractivity contribution in [2.24, 2.45) is 11.8 Å². The lowest BCUT2D eigenvalue weighted by atomic mass is 9.69. The molecule has 0 radical (unpaired) electrons. The zero-order chi connectivity index (χ0) is 13.2. The summed E-state index contributed by atoms with van der Waals surface area (Å²) in [6.07, 6.45) is 9.19. The van der Waals surface area contributed by atoms with Gasteiger partial charge in [-0.15, -0.1) is 0 Å². The van der Waals surface area contributed by atoms with Gasteiger partial charge in [0.25, 0.3) is 0 Å². The summed E-state index contributed by atoms with van der Waals surface area (Å²) in [6.45, 7) is 0. The second kappa shape index (κ2) is 5.70. The van der Waals surface area contributed by atoms with Gasteiger partial charge in [0.15, 0.2) is 0 Å². The number of benzene rings is 1. The number of hydrogen-bond donors (Lipinski definition) is 1. The first-order valence-corrected chi connectivity index (χ1v) is 7.82. The molecule has 3 heteroatoms. The van der Waals surface area contributed by atoms with Crippen molar-refractivity contribution in [3.8, 4) is 0 Å². The maximum Gasteiger partial charge on any atom is 0.146 e. The fourth-order valence-electron chi connectivity index (χ4n) is 3.83. The predicted octanol–water partition coefficient (Wildman–Crippen LogP) is 5.25. The monoisotopic (exact) mass is 281 g/mol. The quantitative estimate of drug-likeness (QED) is 0.781. The van der Waals surface area contributed by atoms with Crippen molar-refractivity contribution in [2.45, 2.75) is 51.0 Å². The summed E-state index contributed by atoms with van der Waals surface area (Å²) in [5.41, 5.74) is 0.562. The van der Waals surface area contributed by atoms with Crippen molar-refractivity contribution in [1.82, 2.24) is 0 Å². The Morgan fingerprint density at radius 2 is 1.84 bits per heavy atom. The third-order valence-electron chi connectivity index (χ3n) is 4.83. The molecule has 2 aliphatic rings. The van der Waals surface area contributed by atoms with Crippen molar-refractivity contribution in [3.63, 3.8) is 0 Å². The predicted molar refractivity (Wildman–Crippen MR) is 78.1 cm³/mol. The summed E-state index contributed by atoms with van der Waals surface area (Å²) < 4.78 is 13.7. The molecule has 104 valence electrons. The molecule has 3 rings (SSSR count). The van der Waals surface area contributed by atoms with Crippen molar-refractivity contribution in [1.29, 1.82) is 0 Å². The molecule has 1 nitrogen and oxygen atoms in total. The molecule has 1 aromatic rings. The van der Waals surface area contributed by atoms with Crippen molar-refractivity contribution in [2.75, 3.05) is 5.32 Å². The number of rotatable bonds is 2. The van der Waals surface area contributed by atoms with Gasteiger partial charge in [-0.05, 0) is 49.3 Å². The first-order valence-electron chi connectivity index (χ1n) is 7.44. The highest BCUT2D eigenvalue weighted by molar-refractivity contribution is 6.30. The molecule has 2 aliphatic carbocycles. The van der Waals surface area contributed by atoms with Crippen molar-refractivity contribution < 1.29 is 4.39 Å². The summed E-state index contributed by atoms with van der Waals surface area (Å²) in [4.78, 5) is 0. The number of hydrogen-bond acceptors (Lipinski definition) is 1. The SMILES string of the molecule is Fc1ccc(Cl)cc1NC1CCC2CCCCC2C1.